The van der Waals surface area contributed by atoms with Crippen molar-refractivity contribution in [1.29, 1.82) is 0 Å². The molecule has 0 aliphatic rings. The number of nitrogens with one attached hydrogen (secondary N) is 1. The van der Waals surface area contributed by atoms with Crippen molar-refractivity contribution < 1.29 is 22.4 Å². The number of nitrogens with zero attached hydrogens (tertiary/aromatic N) is 2. The standard InChI is InChI=1S/C24H23N3O5S2/c1-16-26-20(15-33-16)22-13-10-18(32-22)14-25-24(28)17-8-11-19(12-9-17)34(29,30)27(2)21-6-4-5-7-23(21)31-3/h4-13,15H,14H2,1-3H3,(H,25,28). The molecule has 0 aliphatic carbocycles. The van der Waals surface area contributed by atoms with Crippen molar-refractivity contribution in [2.75, 3.05) is 18.5 Å². The van der Waals surface area contributed by atoms with Gasteiger partial charge < -0.3 is 14.5 Å². The van der Waals surface area contributed by atoms with E-state index in [1.165, 1.54) is 49.8 Å². The van der Waals surface area contributed by atoms with E-state index in [9.17, 15) is 13.2 Å². The summed E-state index contributed by atoms with van der Waals surface area (Å²) in [6, 6.07) is 16.2. The summed E-state index contributed by atoms with van der Waals surface area (Å²) in [4.78, 5) is 17.0. The second-order valence-corrected chi connectivity index (χ2v) is 10.4. The normalized spacial score (nSPS) is 11.3. The first-order valence-corrected chi connectivity index (χ1v) is 12.6. The number of sulfonamides is 1. The van der Waals surface area contributed by atoms with Crippen LogP contribution in [0.3, 0.4) is 0 Å². The highest BCUT2D eigenvalue weighted by Gasteiger charge is 2.24. The number of hydrogen-bond acceptors (Lipinski definition) is 7. The maximum atomic E-state index is 13.1. The molecule has 0 radical (unpaired) electrons. The van der Waals surface area contributed by atoms with Crippen molar-refractivity contribution in [3.63, 3.8) is 0 Å². The van der Waals surface area contributed by atoms with Gasteiger partial charge in [0.2, 0.25) is 0 Å². The molecule has 176 valence electrons. The average molecular weight is 498 g/mol. The molecule has 0 saturated carbocycles. The zero-order valence-electron chi connectivity index (χ0n) is 18.8. The third-order valence-electron chi connectivity index (χ3n) is 5.16. The predicted molar refractivity (Wildman–Crippen MR) is 131 cm³/mol. The fraction of sp³-hybridized carbons (Fsp3) is 0.167. The van der Waals surface area contributed by atoms with Crippen LogP contribution >= 0.6 is 11.3 Å². The number of carbonyl (C=O) groups is 1. The van der Waals surface area contributed by atoms with Gasteiger partial charge in [0.15, 0.2) is 5.76 Å². The highest BCUT2D eigenvalue weighted by molar-refractivity contribution is 7.92. The number of aromatic nitrogens is 1. The minimum atomic E-state index is -3.84. The fourth-order valence-corrected chi connectivity index (χ4v) is 5.12. The number of amides is 1. The number of benzene rings is 2. The average Bonchev–Trinajstić information content (AvgIpc) is 3.51. The van der Waals surface area contributed by atoms with Crippen molar-refractivity contribution in [2.24, 2.45) is 0 Å². The fourth-order valence-electron chi connectivity index (χ4n) is 3.31. The molecule has 0 spiro atoms. The van der Waals surface area contributed by atoms with Crippen LogP contribution in [0, 0.1) is 6.92 Å². The third-order valence-corrected chi connectivity index (χ3v) is 7.71. The zero-order valence-corrected chi connectivity index (χ0v) is 20.4. The summed E-state index contributed by atoms with van der Waals surface area (Å²) in [5.41, 5.74) is 1.51. The molecule has 8 nitrogen and oxygen atoms in total. The minimum absolute atomic E-state index is 0.0617. The molecule has 1 amide bonds. The van der Waals surface area contributed by atoms with Crippen molar-refractivity contribution in [3.8, 4) is 17.2 Å². The lowest BCUT2D eigenvalue weighted by molar-refractivity contribution is 0.0948. The minimum Gasteiger partial charge on any atom is -0.495 e. The molecule has 4 rings (SSSR count). The van der Waals surface area contributed by atoms with Gasteiger partial charge >= 0.3 is 0 Å². The molecule has 2 heterocycles. The van der Waals surface area contributed by atoms with Crippen molar-refractivity contribution in [1.82, 2.24) is 10.3 Å². The van der Waals surface area contributed by atoms with Crippen LogP contribution in [-0.2, 0) is 16.6 Å². The maximum Gasteiger partial charge on any atom is 0.264 e. The molecule has 34 heavy (non-hydrogen) atoms. The Hall–Kier alpha value is -3.63. The van der Waals surface area contributed by atoms with Crippen LogP contribution in [-0.4, -0.2) is 33.5 Å². The second kappa shape index (κ2) is 9.70. The van der Waals surface area contributed by atoms with E-state index in [0.29, 0.717) is 28.5 Å². The van der Waals surface area contributed by atoms with Crippen LogP contribution in [0.4, 0.5) is 5.69 Å². The summed E-state index contributed by atoms with van der Waals surface area (Å²) in [6.45, 7) is 2.11. The number of rotatable bonds is 8. The van der Waals surface area contributed by atoms with Gasteiger partial charge in [-0.2, -0.15) is 0 Å². The lowest BCUT2D eigenvalue weighted by Gasteiger charge is -2.21. The molecule has 2 aromatic heterocycles. The second-order valence-electron chi connectivity index (χ2n) is 7.37. The number of hydrogen-bond donors (Lipinski definition) is 1. The third kappa shape index (κ3) is 4.82. The molecule has 0 atom stereocenters. The smallest absolute Gasteiger partial charge is 0.264 e. The number of para-hydroxylation sites is 2. The maximum absolute atomic E-state index is 13.1. The highest BCUT2D eigenvalue weighted by atomic mass is 32.2. The van der Waals surface area contributed by atoms with Crippen LogP contribution in [0.1, 0.15) is 21.1 Å². The monoisotopic (exact) mass is 497 g/mol. The van der Waals surface area contributed by atoms with Gasteiger partial charge in [-0.25, -0.2) is 13.4 Å². The molecule has 1 N–H and O–H groups in total. The van der Waals surface area contributed by atoms with Gasteiger partial charge in [0.25, 0.3) is 15.9 Å². The summed E-state index contributed by atoms with van der Waals surface area (Å²) in [5.74, 6) is 1.33. The number of ether oxygens (including phenoxy) is 1. The van der Waals surface area contributed by atoms with Crippen molar-refractivity contribution in [3.05, 3.63) is 82.4 Å². The van der Waals surface area contributed by atoms with Crippen LogP contribution < -0.4 is 14.4 Å². The summed E-state index contributed by atoms with van der Waals surface area (Å²) >= 11 is 1.54. The summed E-state index contributed by atoms with van der Waals surface area (Å²) in [5, 5.41) is 5.64. The van der Waals surface area contributed by atoms with E-state index < -0.39 is 10.0 Å². The van der Waals surface area contributed by atoms with Crippen LogP contribution in [0.5, 0.6) is 5.75 Å². The van der Waals surface area contributed by atoms with Crippen LogP contribution in [0.15, 0.2) is 75.4 Å². The van der Waals surface area contributed by atoms with Crippen molar-refractivity contribution in [2.45, 2.75) is 18.4 Å². The van der Waals surface area contributed by atoms with Gasteiger partial charge in [-0.05, 0) is 55.5 Å². The van der Waals surface area contributed by atoms with E-state index >= 15 is 0 Å². The molecule has 0 saturated heterocycles. The number of carbonyl (C=O) groups excluding carboxylic acids is 1. The van der Waals surface area contributed by atoms with Gasteiger partial charge in [-0.3, -0.25) is 9.10 Å². The van der Waals surface area contributed by atoms with E-state index in [-0.39, 0.29) is 17.3 Å². The van der Waals surface area contributed by atoms with E-state index in [0.717, 1.165) is 15.0 Å². The number of thiazole rings is 1. The van der Waals surface area contributed by atoms with Crippen LogP contribution in [0.25, 0.3) is 11.5 Å². The number of aryl methyl sites for hydroxylation is 1. The first-order chi connectivity index (χ1) is 16.3. The Morgan fingerprint density at radius 2 is 1.85 bits per heavy atom. The Morgan fingerprint density at radius 3 is 2.53 bits per heavy atom. The SMILES string of the molecule is COc1ccccc1N(C)S(=O)(=O)c1ccc(C(=O)NCc2ccc(-c3csc(C)n3)o2)cc1. The molecule has 10 heteroatoms. The molecule has 0 bridgehead atoms. The predicted octanol–water partition coefficient (Wildman–Crippen LogP) is 4.48. The summed E-state index contributed by atoms with van der Waals surface area (Å²) in [7, 11) is -0.904. The Balaban J connectivity index is 1.43. The molecular formula is C24H23N3O5S2. The van der Waals surface area contributed by atoms with Crippen molar-refractivity contribution >= 4 is 33.0 Å². The number of methoxy groups -OCH3 is 1. The van der Waals surface area contributed by atoms with Gasteiger partial charge in [-0.15, -0.1) is 11.3 Å². The Kier molecular flexibility index (Phi) is 6.71. The number of furan rings is 1. The van der Waals surface area contributed by atoms with E-state index in [4.69, 9.17) is 9.15 Å². The van der Waals surface area contributed by atoms with E-state index in [1.54, 1.807) is 30.3 Å². The highest BCUT2D eigenvalue weighted by Crippen LogP contribution is 2.31. The first-order valence-electron chi connectivity index (χ1n) is 10.3. The Labute approximate surface area is 201 Å². The van der Waals surface area contributed by atoms with Gasteiger partial charge in [-0.1, -0.05) is 12.1 Å². The lowest BCUT2D eigenvalue weighted by Crippen LogP contribution is -2.27. The molecule has 0 unspecified atom stereocenters. The topological polar surface area (TPSA) is 102 Å². The Bertz CT molecular complexity index is 1410. The molecule has 2 aromatic carbocycles. The molecular weight excluding hydrogens is 474 g/mol. The number of anilines is 1. The van der Waals surface area contributed by atoms with E-state index in [1.807, 2.05) is 18.4 Å². The zero-order chi connectivity index (χ0) is 24.3. The largest absolute Gasteiger partial charge is 0.495 e. The van der Waals surface area contributed by atoms with E-state index in [2.05, 4.69) is 10.3 Å². The van der Waals surface area contributed by atoms with Gasteiger partial charge in [0.1, 0.15) is 17.2 Å². The molecule has 4 aromatic rings. The Morgan fingerprint density at radius 1 is 1.12 bits per heavy atom. The van der Waals surface area contributed by atoms with Gasteiger partial charge in [0, 0.05) is 18.0 Å². The summed E-state index contributed by atoms with van der Waals surface area (Å²) in [6.07, 6.45) is 0. The summed E-state index contributed by atoms with van der Waals surface area (Å²) < 4.78 is 38.3. The molecule has 0 aliphatic heterocycles. The quantitative estimate of drug-likeness (QED) is 0.385. The first kappa shape index (κ1) is 23.5. The van der Waals surface area contributed by atoms with Gasteiger partial charge in [0.05, 0.1) is 29.2 Å². The lowest BCUT2D eigenvalue weighted by atomic mass is 10.2. The molecule has 0 fully saturated rings. The van der Waals surface area contributed by atoms with Crippen LogP contribution in [0.2, 0.25) is 0 Å².